The zero-order valence-electron chi connectivity index (χ0n) is 21.8. The van der Waals surface area contributed by atoms with E-state index < -0.39 is 11.2 Å². The van der Waals surface area contributed by atoms with Gasteiger partial charge in [0.1, 0.15) is 11.2 Å². The summed E-state index contributed by atoms with van der Waals surface area (Å²) in [6.45, 7) is 13.9. The van der Waals surface area contributed by atoms with Gasteiger partial charge in [-0.15, -0.1) is 0 Å². The van der Waals surface area contributed by atoms with Gasteiger partial charge in [0.25, 0.3) is 0 Å². The second-order valence-corrected chi connectivity index (χ2v) is 11.7. The molecule has 10 nitrogen and oxygen atoms in total. The molecule has 0 aliphatic carbocycles. The molecule has 1 aromatic heterocycles. The second-order valence-electron chi connectivity index (χ2n) is 10.8. The van der Waals surface area contributed by atoms with Crippen LogP contribution in [0.3, 0.4) is 0 Å². The van der Waals surface area contributed by atoms with Crippen LogP contribution < -0.4 is 11.1 Å². The van der Waals surface area contributed by atoms with Crippen molar-refractivity contribution in [1.82, 2.24) is 19.8 Å². The molecule has 0 aromatic carbocycles. The molecule has 2 saturated heterocycles. The van der Waals surface area contributed by atoms with Crippen LogP contribution in [0.5, 0.6) is 0 Å². The van der Waals surface area contributed by atoms with E-state index in [1.54, 1.807) is 22.2 Å². The van der Waals surface area contributed by atoms with Crippen molar-refractivity contribution in [3.63, 3.8) is 0 Å². The third kappa shape index (κ3) is 10.2. The van der Waals surface area contributed by atoms with Gasteiger partial charge in [0.05, 0.1) is 10.5 Å². The fraction of sp³-hybridized carbons (Fsp3) is 0.750. The Hall–Kier alpha value is -2.14. The lowest BCUT2D eigenvalue weighted by atomic mass is 10.2. The fourth-order valence-electron chi connectivity index (χ4n) is 3.86. The zero-order valence-corrected chi connectivity index (χ0v) is 23.4. The first-order valence-electron chi connectivity index (χ1n) is 12.2. The number of hydrogen-bond acceptors (Lipinski definition) is 8. The molecule has 3 N–H and O–H groups in total. The molecule has 2 aliphatic heterocycles. The molecule has 198 valence electrons. The van der Waals surface area contributed by atoms with Crippen molar-refractivity contribution in [3.8, 4) is 0 Å². The van der Waals surface area contributed by atoms with Crippen molar-refractivity contribution >= 4 is 34.1 Å². The van der Waals surface area contributed by atoms with Crippen LogP contribution in [-0.4, -0.2) is 81.4 Å². The summed E-state index contributed by atoms with van der Waals surface area (Å²) < 4.78 is 11.6. The van der Waals surface area contributed by atoms with E-state index in [-0.39, 0.29) is 24.3 Å². The van der Waals surface area contributed by atoms with E-state index in [0.29, 0.717) is 19.0 Å². The van der Waals surface area contributed by atoms with Gasteiger partial charge in [0, 0.05) is 44.6 Å². The summed E-state index contributed by atoms with van der Waals surface area (Å²) >= 11 is 3.30. The largest absolute Gasteiger partial charge is 0.444 e. The van der Waals surface area contributed by atoms with Crippen LogP contribution in [0, 0.1) is 0 Å². The number of nitrogens with one attached hydrogen (secondary N) is 1. The summed E-state index contributed by atoms with van der Waals surface area (Å²) in [5.41, 5.74) is 4.69. The van der Waals surface area contributed by atoms with Crippen molar-refractivity contribution in [2.75, 3.05) is 31.5 Å². The van der Waals surface area contributed by atoms with Crippen LogP contribution in [0.1, 0.15) is 67.2 Å². The molecule has 2 atom stereocenters. The highest BCUT2D eigenvalue weighted by atomic mass is 79.9. The monoisotopic (exact) mass is 556 g/mol. The predicted octanol–water partition coefficient (Wildman–Crippen LogP) is 4.40. The summed E-state index contributed by atoms with van der Waals surface area (Å²) in [5, 5.41) is 3.17. The van der Waals surface area contributed by atoms with E-state index in [2.05, 4.69) is 31.2 Å². The molecule has 1 aromatic rings. The molecule has 0 unspecified atom stereocenters. The normalized spacial score (nSPS) is 20.2. The maximum absolute atomic E-state index is 12.2. The van der Waals surface area contributed by atoms with Crippen molar-refractivity contribution < 1.29 is 19.1 Å². The van der Waals surface area contributed by atoms with Gasteiger partial charge in [-0.1, -0.05) is 0 Å². The topological polar surface area (TPSA) is 123 Å². The van der Waals surface area contributed by atoms with Crippen molar-refractivity contribution in [2.24, 2.45) is 5.73 Å². The lowest BCUT2D eigenvalue weighted by Gasteiger charge is -2.28. The number of carbonyl (C=O) groups excluding carboxylic acids is 2. The van der Waals surface area contributed by atoms with Crippen LogP contribution in [0.25, 0.3) is 0 Å². The Bertz CT molecular complexity index is 825. The Morgan fingerprint density at radius 2 is 1.43 bits per heavy atom. The molecule has 0 spiro atoms. The predicted molar refractivity (Wildman–Crippen MR) is 139 cm³/mol. The highest BCUT2D eigenvalue weighted by molar-refractivity contribution is 9.10. The number of aromatic nitrogens is 2. The first-order valence-corrected chi connectivity index (χ1v) is 13.0. The minimum Gasteiger partial charge on any atom is -0.444 e. The molecule has 2 fully saturated rings. The number of nitrogens with two attached hydrogens (primary N) is 1. The van der Waals surface area contributed by atoms with Gasteiger partial charge in [0.2, 0.25) is 5.95 Å². The Kier molecular flexibility index (Phi) is 10.6. The summed E-state index contributed by atoms with van der Waals surface area (Å²) in [5.74, 6) is 0.564. The summed E-state index contributed by atoms with van der Waals surface area (Å²) in [6, 6.07) is 0.289. The number of hydrogen-bond donors (Lipinski definition) is 2. The van der Waals surface area contributed by atoms with Gasteiger partial charge in [-0.05, 0) is 83.2 Å². The number of rotatable bonds is 4. The van der Waals surface area contributed by atoms with Gasteiger partial charge in [-0.25, -0.2) is 19.6 Å². The fourth-order valence-corrected chi connectivity index (χ4v) is 4.07. The summed E-state index contributed by atoms with van der Waals surface area (Å²) in [4.78, 5) is 35.7. The molecule has 11 heteroatoms. The van der Waals surface area contributed by atoms with Crippen molar-refractivity contribution in [1.29, 1.82) is 0 Å². The number of likely N-dealkylation sites (tertiary alicyclic amines) is 2. The summed E-state index contributed by atoms with van der Waals surface area (Å²) in [7, 11) is 0. The van der Waals surface area contributed by atoms with E-state index in [4.69, 9.17) is 15.2 Å². The van der Waals surface area contributed by atoms with Crippen LogP contribution in [-0.2, 0) is 9.47 Å². The molecule has 2 aliphatic rings. The molecular weight excluding hydrogens is 516 g/mol. The first-order chi connectivity index (χ1) is 16.3. The smallest absolute Gasteiger partial charge is 0.410 e. The van der Waals surface area contributed by atoms with Gasteiger partial charge in [-0.3, -0.25) is 0 Å². The zero-order chi connectivity index (χ0) is 26.2. The van der Waals surface area contributed by atoms with Crippen molar-refractivity contribution in [3.05, 3.63) is 16.9 Å². The van der Waals surface area contributed by atoms with Crippen LogP contribution in [0.15, 0.2) is 16.9 Å². The first kappa shape index (κ1) is 29.1. The van der Waals surface area contributed by atoms with E-state index in [9.17, 15) is 9.59 Å². The Labute approximate surface area is 217 Å². The minimum absolute atomic E-state index is 0.118. The molecule has 0 radical (unpaired) electrons. The highest BCUT2D eigenvalue weighted by Crippen LogP contribution is 2.21. The number of carbonyl (C=O) groups is 2. The van der Waals surface area contributed by atoms with Crippen LogP contribution >= 0.6 is 15.9 Å². The third-order valence-electron chi connectivity index (χ3n) is 5.40. The van der Waals surface area contributed by atoms with Crippen LogP contribution in [0.4, 0.5) is 15.5 Å². The molecular formula is C24H41BrN6O4. The molecule has 0 saturated carbocycles. The number of halogens is 1. The maximum Gasteiger partial charge on any atom is 0.410 e. The minimum atomic E-state index is -0.466. The highest BCUT2D eigenvalue weighted by Gasteiger charge is 2.32. The Morgan fingerprint density at radius 3 is 1.89 bits per heavy atom. The lowest BCUT2D eigenvalue weighted by Crippen LogP contribution is -2.42. The SMILES string of the molecule is CC(C)(C)OC(=O)N1CCC[C@H]1CN.CC(C)(C)OC(=O)N1CCC[C@H]1CNc1ncc(Br)cn1. The second kappa shape index (κ2) is 12.7. The van der Waals surface area contributed by atoms with Gasteiger partial charge in [-0.2, -0.15) is 0 Å². The Morgan fingerprint density at radius 1 is 0.971 bits per heavy atom. The average Bonchev–Trinajstić information content (AvgIpc) is 3.41. The third-order valence-corrected chi connectivity index (χ3v) is 5.81. The standard InChI is InChI=1S/C14H21BrN4O2.C10H20N2O2/c1-14(2,3)21-13(20)19-6-4-5-11(19)9-18-12-16-7-10(15)8-17-12;1-10(2,3)14-9(13)12-6-4-5-8(12)7-11/h7-8,11H,4-6,9H2,1-3H3,(H,16,17,18);8H,4-7,11H2,1-3H3/t11-;8-/m00/s1. The number of amides is 2. The molecule has 3 heterocycles. The maximum atomic E-state index is 12.2. The molecule has 35 heavy (non-hydrogen) atoms. The van der Waals surface area contributed by atoms with E-state index >= 15 is 0 Å². The average molecular weight is 558 g/mol. The van der Waals surface area contributed by atoms with Crippen molar-refractivity contribution in [2.45, 2.75) is 90.5 Å². The van der Waals surface area contributed by atoms with E-state index in [0.717, 1.165) is 43.2 Å². The lowest BCUT2D eigenvalue weighted by molar-refractivity contribution is 0.0222. The van der Waals surface area contributed by atoms with Crippen LogP contribution in [0.2, 0.25) is 0 Å². The Balaban J connectivity index is 0.000000269. The van der Waals surface area contributed by atoms with Gasteiger partial charge in [0.15, 0.2) is 0 Å². The van der Waals surface area contributed by atoms with E-state index in [1.165, 1.54) is 0 Å². The molecule has 3 rings (SSSR count). The summed E-state index contributed by atoms with van der Waals surface area (Å²) in [6.07, 6.45) is 6.88. The van der Waals surface area contributed by atoms with Gasteiger partial charge >= 0.3 is 12.2 Å². The molecule has 0 bridgehead atoms. The quantitative estimate of drug-likeness (QED) is 0.559. The molecule has 2 amide bonds. The number of ether oxygens (including phenoxy) is 2. The van der Waals surface area contributed by atoms with E-state index in [1.807, 2.05) is 41.5 Å². The number of anilines is 1. The number of nitrogens with zero attached hydrogens (tertiary/aromatic N) is 4. The van der Waals surface area contributed by atoms with Gasteiger partial charge < -0.3 is 30.3 Å².